The highest BCUT2D eigenvalue weighted by Gasteiger charge is 2.25. The zero-order chi connectivity index (χ0) is 17.0. The lowest BCUT2D eigenvalue weighted by Gasteiger charge is -2.36. The van der Waals surface area contributed by atoms with Crippen LogP contribution in [0.2, 0.25) is 0 Å². The van der Waals surface area contributed by atoms with Crippen LogP contribution in [0.1, 0.15) is 0 Å². The molecule has 2 rings (SSSR count). The molecule has 0 aromatic heterocycles. The molecule has 1 saturated heterocycles. The standard InChI is InChI=1S/C16H19F2N3O2/c1-3-14(22)19(2)11-15(23)20-7-9-21(10-8-20)16-12(17)5-4-6-13(16)18/h3-6H,1,7-11H2,2H3. The van der Waals surface area contributed by atoms with Crippen LogP contribution < -0.4 is 4.90 Å². The third-order valence-electron chi connectivity index (χ3n) is 3.81. The third-order valence-corrected chi connectivity index (χ3v) is 3.81. The summed E-state index contributed by atoms with van der Waals surface area (Å²) in [7, 11) is 1.52. The normalized spacial score (nSPS) is 14.6. The first-order chi connectivity index (χ1) is 10.9. The third kappa shape index (κ3) is 3.85. The van der Waals surface area contributed by atoms with Gasteiger partial charge in [0.15, 0.2) is 0 Å². The minimum absolute atomic E-state index is 0.0427. The Balaban J connectivity index is 1.95. The van der Waals surface area contributed by atoms with Crippen LogP contribution in [0, 0.1) is 11.6 Å². The number of hydrogen-bond donors (Lipinski definition) is 0. The molecule has 1 aliphatic rings. The highest BCUT2D eigenvalue weighted by atomic mass is 19.1. The summed E-state index contributed by atoms with van der Waals surface area (Å²) in [6, 6.07) is 3.75. The van der Waals surface area contributed by atoms with Crippen molar-refractivity contribution in [3.8, 4) is 0 Å². The van der Waals surface area contributed by atoms with Crippen LogP contribution in [0.3, 0.4) is 0 Å². The van der Waals surface area contributed by atoms with Crippen molar-refractivity contribution in [1.29, 1.82) is 0 Å². The minimum Gasteiger partial charge on any atom is -0.363 e. The number of hydrogen-bond acceptors (Lipinski definition) is 3. The second kappa shape index (κ2) is 7.21. The summed E-state index contributed by atoms with van der Waals surface area (Å²) in [5, 5.41) is 0. The first-order valence-electron chi connectivity index (χ1n) is 7.28. The lowest BCUT2D eigenvalue weighted by molar-refractivity contribution is -0.137. The average molecular weight is 323 g/mol. The summed E-state index contributed by atoms with van der Waals surface area (Å²) in [5.41, 5.74) is -0.0569. The first kappa shape index (κ1) is 16.9. The predicted octanol–water partition coefficient (Wildman–Crippen LogP) is 1.26. The summed E-state index contributed by atoms with van der Waals surface area (Å²) < 4.78 is 27.5. The van der Waals surface area contributed by atoms with Crippen molar-refractivity contribution >= 4 is 17.5 Å². The Morgan fingerprint density at radius 1 is 1.22 bits per heavy atom. The maximum absolute atomic E-state index is 13.8. The molecule has 1 aromatic carbocycles. The van der Waals surface area contributed by atoms with Gasteiger partial charge in [-0.05, 0) is 18.2 Å². The van der Waals surface area contributed by atoms with E-state index in [4.69, 9.17) is 0 Å². The van der Waals surface area contributed by atoms with Crippen LogP contribution in [0.25, 0.3) is 0 Å². The van der Waals surface area contributed by atoms with Crippen molar-refractivity contribution in [2.45, 2.75) is 0 Å². The lowest BCUT2D eigenvalue weighted by atomic mass is 10.2. The molecule has 5 nitrogen and oxygen atoms in total. The number of rotatable bonds is 4. The van der Waals surface area contributed by atoms with Crippen LogP contribution in [0.5, 0.6) is 0 Å². The summed E-state index contributed by atoms with van der Waals surface area (Å²) in [6.45, 7) is 4.70. The molecule has 0 saturated carbocycles. The molecule has 7 heteroatoms. The Hall–Kier alpha value is -2.44. The van der Waals surface area contributed by atoms with E-state index in [1.54, 1.807) is 9.80 Å². The number of benzene rings is 1. The van der Waals surface area contributed by atoms with Crippen LogP contribution in [-0.2, 0) is 9.59 Å². The Labute approximate surface area is 133 Å². The van der Waals surface area contributed by atoms with E-state index in [2.05, 4.69) is 6.58 Å². The van der Waals surface area contributed by atoms with Crippen molar-refractivity contribution in [3.63, 3.8) is 0 Å². The molecule has 0 N–H and O–H groups in total. The van der Waals surface area contributed by atoms with Gasteiger partial charge in [0.2, 0.25) is 11.8 Å². The monoisotopic (exact) mass is 323 g/mol. The topological polar surface area (TPSA) is 43.9 Å². The van der Waals surface area contributed by atoms with Crippen molar-refractivity contribution in [2.24, 2.45) is 0 Å². The molecule has 0 aliphatic carbocycles. The molecule has 0 atom stereocenters. The molecule has 1 heterocycles. The van der Waals surface area contributed by atoms with Crippen LogP contribution >= 0.6 is 0 Å². The molecule has 0 bridgehead atoms. The van der Waals surface area contributed by atoms with Crippen molar-refractivity contribution in [3.05, 3.63) is 42.5 Å². The SMILES string of the molecule is C=CC(=O)N(C)CC(=O)N1CCN(c2c(F)cccc2F)CC1. The highest BCUT2D eigenvalue weighted by molar-refractivity contribution is 5.90. The van der Waals surface area contributed by atoms with Crippen LogP contribution in [0.15, 0.2) is 30.9 Å². The van der Waals surface area contributed by atoms with Gasteiger partial charge in [0.1, 0.15) is 17.3 Å². The van der Waals surface area contributed by atoms with Gasteiger partial charge < -0.3 is 14.7 Å². The van der Waals surface area contributed by atoms with E-state index < -0.39 is 11.6 Å². The molecule has 2 amide bonds. The fourth-order valence-electron chi connectivity index (χ4n) is 2.51. The molecule has 0 unspecified atom stereocenters. The summed E-state index contributed by atoms with van der Waals surface area (Å²) in [4.78, 5) is 28.0. The maximum atomic E-state index is 13.8. The van der Waals surface area contributed by atoms with E-state index in [1.807, 2.05) is 0 Å². The lowest BCUT2D eigenvalue weighted by Crippen LogP contribution is -2.51. The van der Waals surface area contributed by atoms with E-state index in [9.17, 15) is 18.4 Å². The molecule has 124 valence electrons. The quantitative estimate of drug-likeness (QED) is 0.784. The van der Waals surface area contributed by atoms with E-state index in [0.717, 1.165) is 6.08 Å². The second-order valence-corrected chi connectivity index (χ2v) is 5.34. The van der Waals surface area contributed by atoms with E-state index >= 15 is 0 Å². The van der Waals surface area contributed by atoms with Gasteiger partial charge in [-0.25, -0.2) is 8.78 Å². The Kier molecular flexibility index (Phi) is 5.31. The van der Waals surface area contributed by atoms with Gasteiger partial charge in [0.25, 0.3) is 0 Å². The van der Waals surface area contributed by atoms with Crippen LogP contribution in [0.4, 0.5) is 14.5 Å². The van der Waals surface area contributed by atoms with Gasteiger partial charge in [-0.1, -0.05) is 12.6 Å². The Bertz CT molecular complexity index is 593. The Morgan fingerprint density at radius 2 is 1.78 bits per heavy atom. The number of halogens is 2. The molecular formula is C16H19F2N3O2. The molecule has 23 heavy (non-hydrogen) atoms. The fourth-order valence-corrected chi connectivity index (χ4v) is 2.51. The van der Waals surface area contributed by atoms with Gasteiger partial charge >= 0.3 is 0 Å². The Morgan fingerprint density at radius 3 is 2.30 bits per heavy atom. The van der Waals surface area contributed by atoms with E-state index in [1.165, 1.54) is 30.1 Å². The number of amides is 2. The van der Waals surface area contributed by atoms with Gasteiger partial charge in [0.05, 0.1) is 6.54 Å². The number of likely N-dealkylation sites (N-methyl/N-ethyl adjacent to an activating group) is 1. The number of para-hydroxylation sites is 1. The summed E-state index contributed by atoms with van der Waals surface area (Å²) in [5.74, 6) is -1.75. The predicted molar refractivity (Wildman–Crippen MR) is 83.0 cm³/mol. The summed E-state index contributed by atoms with van der Waals surface area (Å²) >= 11 is 0. The molecule has 0 spiro atoms. The smallest absolute Gasteiger partial charge is 0.246 e. The van der Waals surface area contributed by atoms with Crippen molar-refractivity contribution in [2.75, 3.05) is 44.7 Å². The van der Waals surface area contributed by atoms with Gasteiger partial charge in [-0.3, -0.25) is 9.59 Å². The first-order valence-corrected chi connectivity index (χ1v) is 7.28. The highest BCUT2D eigenvalue weighted by Crippen LogP contribution is 2.24. The molecular weight excluding hydrogens is 304 g/mol. The number of piperazine rings is 1. The van der Waals surface area contributed by atoms with Crippen molar-refractivity contribution in [1.82, 2.24) is 9.80 Å². The number of carbonyl (C=O) groups excluding carboxylic acids is 2. The van der Waals surface area contributed by atoms with E-state index in [-0.39, 0.29) is 24.0 Å². The zero-order valence-electron chi connectivity index (χ0n) is 13.0. The molecule has 0 radical (unpaired) electrons. The van der Waals surface area contributed by atoms with Crippen LogP contribution in [-0.4, -0.2) is 61.4 Å². The minimum atomic E-state index is -0.610. The van der Waals surface area contributed by atoms with Gasteiger partial charge in [0, 0.05) is 33.2 Å². The number of nitrogens with zero attached hydrogens (tertiary/aromatic N) is 3. The number of anilines is 1. The van der Waals surface area contributed by atoms with E-state index in [0.29, 0.717) is 26.2 Å². The maximum Gasteiger partial charge on any atom is 0.246 e. The molecule has 1 aliphatic heterocycles. The largest absolute Gasteiger partial charge is 0.363 e. The fraction of sp³-hybridized carbons (Fsp3) is 0.375. The molecule has 1 fully saturated rings. The second-order valence-electron chi connectivity index (χ2n) is 5.34. The van der Waals surface area contributed by atoms with Gasteiger partial charge in [-0.2, -0.15) is 0 Å². The van der Waals surface area contributed by atoms with Crippen molar-refractivity contribution < 1.29 is 18.4 Å². The average Bonchev–Trinajstić information content (AvgIpc) is 2.54. The van der Waals surface area contributed by atoms with Gasteiger partial charge in [-0.15, -0.1) is 0 Å². The summed E-state index contributed by atoms with van der Waals surface area (Å²) in [6.07, 6.45) is 1.15. The number of carbonyl (C=O) groups is 2. The molecule has 1 aromatic rings. The zero-order valence-corrected chi connectivity index (χ0v) is 13.0.